The Labute approximate surface area is 135 Å². The monoisotopic (exact) mass is 337 g/mol. The van der Waals surface area contributed by atoms with Gasteiger partial charge in [0, 0.05) is 17.5 Å². The van der Waals surface area contributed by atoms with E-state index in [-0.39, 0.29) is 10.8 Å². The molecule has 1 heterocycles. The topological polar surface area (TPSA) is 55.4 Å². The molecule has 1 N–H and O–H groups in total. The first-order valence-corrected chi connectivity index (χ1v) is 8.89. The maximum atomic E-state index is 12.3. The van der Waals surface area contributed by atoms with Crippen LogP contribution in [0.1, 0.15) is 17.9 Å². The van der Waals surface area contributed by atoms with E-state index >= 15 is 0 Å². The first-order chi connectivity index (χ1) is 10.6. The van der Waals surface area contributed by atoms with Crippen molar-refractivity contribution in [2.45, 2.75) is 17.2 Å². The molecule has 1 aliphatic rings. The molecular weight excluding hydrogens is 322 g/mol. The van der Waals surface area contributed by atoms with E-state index in [9.17, 15) is 8.42 Å². The van der Waals surface area contributed by atoms with Gasteiger partial charge in [-0.25, -0.2) is 13.1 Å². The lowest BCUT2D eigenvalue weighted by molar-refractivity contribution is 0.267. The van der Waals surface area contributed by atoms with Crippen molar-refractivity contribution in [1.82, 2.24) is 4.72 Å². The number of hydrogen-bond donors (Lipinski definition) is 1. The molecule has 0 radical (unpaired) electrons. The summed E-state index contributed by atoms with van der Waals surface area (Å²) in [5, 5.41) is 0.402. The normalized spacial score (nSPS) is 17.6. The van der Waals surface area contributed by atoms with Gasteiger partial charge >= 0.3 is 0 Å². The van der Waals surface area contributed by atoms with E-state index < -0.39 is 10.0 Å². The van der Waals surface area contributed by atoms with E-state index in [1.807, 2.05) is 24.3 Å². The number of sulfonamides is 1. The molecule has 0 aliphatic carbocycles. The smallest absolute Gasteiger partial charge is 0.240 e. The van der Waals surface area contributed by atoms with Gasteiger partial charge in [0.15, 0.2) is 0 Å². The Kier molecular flexibility index (Phi) is 4.38. The highest BCUT2D eigenvalue weighted by Crippen LogP contribution is 2.33. The van der Waals surface area contributed by atoms with Crippen molar-refractivity contribution in [3.8, 4) is 5.75 Å². The van der Waals surface area contributed by atoms with Crippen molar-refractivity contribution in [3.63, 3.8) is 0 Å². The fraction of sp³-hybridized carbons (Fsp3) is 0.250. The van der Waals surface area contributed by atoms with E-state index in [4.69, 9.17) is 16.3 Å². The van der Waals surface area contributed by atoms with Crippen LogP contribution in [-0.4, -0.2) is 21.6 Å². The number of ether oxygens (including phenoxy) is 1. The number of benzene rings is 2. The van der Waals surface area contributed by atoms with Crippen molar-refractivity contribution in [3.05, 3.63) is 59.1 Å². The Morgan fingerprint density at radius 1 is 1.18 bits per heavy atom. The molecule has 2 aromatic carbocycles. The summed E-state index contributed by atoms with van der Waals surface area (Å²) in [7, 11) is -3.56. The zero-order chi connectivity index (χ0) is 15.6. The lowest BCUT2D eigenvalue weighted by Crippen LogP contribution is -2.30. The fourth-order valence-electron chi connectivity index (χ4n) is 2.56. The predicted molar refractivity (Wildman–Crippen MR) is 85.9 cm³/mol. The van der Waals surface area contributed by atoms with E-state index in [1.165, 1.54) is 12.1 Å². The van der Waals surface area contributed by atoms with Crippen LogP contribution in [0.25, 0.3) is 0 Å². The van der Waals surface area contributed by atoms with Gasteiger partial charge in [0.25, 0.3) is 0 Å². The van der Waals surface area contributed by atoms with Crippen LogP contribution in [0.15, 0.2) is 53.4 Å². The molecule has 22 heavy (non-hydrogen) atoms. The summed E-state index contributed by atoms with van der Waals surface area (Å²) < 4.78 is 32.9. The number of nitrogens with one attached hydrogen (secondary N) is 1. The molecule has 1 unspecified atom stereocenters. The van der Waals surface area contributed by atoms with Crippen molar-refractivity contribution < 1.29 is 13.2 Å². The van der Waals surface area contributed by atoms with Crippen LogP contribution in [0.4, 0.5) is 0 Å². The van der Waals surface area contributed by atoms with Crippen LogP contribution in [-0.2, 0) is 10.0 Å². The van der Waals surface area contributed by atoms with E-state index in [0.717, 1.165) is 17.7 Å². The van der Waals surface area contributed by atoms with Gasteiger partial charge in [0.05, 0.1) is 11.5 Å². The van der Waals surface area contributed by atoms with Crippen LogP contribution in [0.2, 0.25) is 5.02 Å². The summed E-state index contributed by atoms with van der Waals surface area (Å²) in [6.07, 6.45) is 0.787. The van der Waals surface area contributed by atoms with Crippen LogP contribution in [0.3, 0.4) is 0 Å². The second kappa shape index (κ2) is 6.28. The molecule has 2 aromatic rings. The minimum absolute atomic E-state index is 0.110. The molecule has 0 aromatic heterocycles. The van der Waals surface area contributed by atoms with E-state index in [0.29, 0.717) is 18.2 Å². The lowest BCUT2D eigenvalue weighted by Gasteiger charge is -2.26. The Balaban J connectivity index is 1.76. The third-order valence-electron chi connectivity index (χ3n) is 3.71. The zero-order valence-electron chi connectivity index (χ0n) is 11.8. The Hall–Kier alpha value is -1.56. The summed E-state index contributed by atoms with van der Waals surface area (Å²) in [5.41, 5.74) is 1.04. The highest BCUT2D eigenvalue weighted by Gasteiger charge is 2.23. The molecule has 116 valence electrons. The predicted octanol–water partition coefficient (Wildman–Crippen LogP) is 3.18. The molecule has 0 bridgehead atoms. The third-order valence-corrected chi connectivity index (χ3v) is 5.37. The number of hydrogen-bond acceptors (Lipinski definition) is 3. The second-order valence-electron chi connectivity index (χ2n) is 5.18. The molecule has 0 saturated heterocycles. The largest absolute Gasteiger partial charge is 0.493 e. The number of rotatable bonds is 4. The van der Waals surface area contributed by atoms with Gasteiger partial charge in [-0.1, -0.05) is 35.9 Å². The molecule has 6 heteroatoms. The second-order valence-corrected chi connectivity index (χ2v) is 7.38. The highest BCUT2D eigenvalue weighted by molar-refractivity contribution is 7.89. The average Bonchev–Trinajstić information content (AvgIpc) is 2.53. The zero-order valence-corrected chi connectivity index (χ0v) is 13.4. The van der Waals surface area contributed by atoms with E-state index in [2.05, 4.69) is 4.72 Å². The molecule has 3 rings (SSSR count). The summed E-state index contributed by atoms with van der Waals surface area (Å²) in [6, 6.07) is 14.0. The quantitative estimate of drug-likeness (QED) is 0.932. The van der Waals surface area contributed by atoms with Crippen LogP contribution in [0.5, 0.6) is 5.75 Å². The van der Waals surface area contributed by atoms with Crippen molar-refractivity contribution in [2.75, 3.05) is 13.2 Å². The molecule has 0 saturated carbocycles. The van der Waals surface area contributed by atoms with Gasteiger partial charge in [-0.3, -0.25) is 0 Å². The first-order valence-electron chi connectivity index (χ1n) is 7.03. The molecule has 1 aliphatic heterocycles. The summed E-state index contributed by atoms with van der Waals surface area (Å²) in [5.74, 6) is 0.944. The molecule has 0 fully saturated rings. The van der Waals surface area contributed by atoms with Crippen LogP contribution < -0.4 is 9.46 Å². The summed E-state index contributed by atoms with van der Waals surface area (Å²) in [4.78, 5) is 0.181. The standard InChI is InChI=1S/C16H16ClNO3S/c17-13-4-3-5-14(10-13)22(19,20)18-11-12-8-9-21-16-7-2-1-6-15(12)16/h1-7,10,12,18H,8-9,11H2. The van der Waals surface area contributed by atoms with Crippen molar-refractivity contribution in [1.29, 1.82) is 0 Å². The Bertz CT molecular complexity index is 776. The molecule has 4 nitrogen and oxygen atoms in total. The third kappa shape index (κ3) is 3.27. The summed E-state index contributed by atoms with van der Waals surface area (Å²) in [6.45, 7) is 0.940. The maximum absolute atomic E-state index is 12.3. The van der Waals surface area contributed by atoms with Crippen LogP contribution in [0, 0.1) is 0 Å². The number of para-hydroxylation sites is 1. The molecule has 0 amide bonds. The first kappa shape index (κ1) is 15.3. The van der Waals surface area contributed by atoms with Crippen molar-refractivity contribution in [2.24, 2.45) is 0 Å². The Morgan fingerprint density at radius 2 is 2.00 bits per heavy atom. The molecule has 1 atom stereocenters. The lowest BCUT2D eigenvalue weighted by atomic mass is 9.93. The summed E-state index contributed by atoms with van der Waals surface area (Å²) >= 11 is 5.86. The molecular formula is C16H16ClNO3S. The number of halogens is 1. The van der Waals surface area contributed by atoms with Gasteiger partial charge in [-0.05, 0) is 36.2 Å². The maximum Gasteiger partial charge on any atom is 0.240 e. The Morgan fingerprint density at radius 3 is 2.82 bits per heavy atom. The van der Waals surface area contributed by atoms with Gasteiger partial charge in [-0.2, -0.15) is 0 Å². The average molecular weight is 338 g/mol. The SMILES string of the molecule is O=S(=O)(NCC1CCOc2ccccc21)c1cccc(Cl)c1. The van der Waals surface area contributed by atoms with Crippen molar-refractivity contribution >= 4 is 21.6 Å². The minimum atomic E-state index is -3.56. The highest BCUT2D eigenvalue weighted by atomic mass is 35.5. The van der Waals surface area contributed by atoms with Gasteiger partial charge in [0.2, 0.25) is 10.0 Å². The van der Waals surface area contributed by atoms with E-state index in [1.54, 1.807) is 12.1 Å². The van der Waals surface area contributed by atoms with Gasteiger partial charge < -0.3 is 4.74 Å². The van der Waals surface area contributed by atoms with Crippen LogP contribution >= 0.6 is 11.6 Å². The minimum Gasteiger partial charge on any atom is -0.493 e. The fourth-order valence-corrected chi connectivity index (χ4v) is 3.94. The van der Waals surface area contributed by atoms with Gasteiger partial charge in [-0.15, -0.1) is 0 Å². The number of fused-ring (bicyclic) bond motifs is 1. The van der Waals surface area contributed by atoms with Gasteiger partial charge in [0.1, 0.15) is 5.75 Å². The molecule has 0 spiro atoms.